The maximum absolute atomic E-state index is 9.40. The van der Waals surface area contributed by atoms with Crippen LogP contribution in [0.5, 0.6) is 0 Å². The minimum absolute atomic E-state index is 0.303. The van der Waals surface area contributed by atoms with Gasteiger partial charge in [-0.05, 0) is 25.0 Å². The summed E-state index contributed by atoms with van der Waals surface area (Å²) >= 11 is 6.32. The standard InChI is InChI=1S/C15H25ClN2O2/c1-12(19)7-9-18(2)15-13(5-4-6-14(15)16)11-17-8-10-20-3/h4-6,12,17,19H,7-11H2,1-3H3. The van der Waals surface area contributed by atoms with E-state index in [0.29, 0.717) is 6.61 Å². The summed E-state index contributed by atoms with van der Waals surface area (Å²) in [4.78, 5) is 2.10. The highest BCUT2D eigenvalue weighted by Crippen LogP contribution is 2.29. The Morgan fingerprint density at radius 3 is 2.85 bits per heavy atom. The van der Waals surface area contributed by atoms with E-state index in [4.69, 9.17) is 16.3 Å². The van der Waals surface area contributed by atoms with Gasteiger partial charge < -0.3 is 20.1 Å². The average Bonchev–Trinajstić information content (AvgIpc) is 2.41. The van der Waals surface area contributed by atoms with Crippen molar-refractivity contribution in [2.75, 3.05) is 38.8 Å². The van der Waals surface area contributed by atoms with Gasteiger partial charge in [0.1, 0.15) is 0 Å². The van der Waals surface area contributed by atoms with Gasteiger partial charge in [-0.1, -0.05) is 23.7 Å². The lowest BCUT2D eigenvalue weighted by Crippen LogP contribution is -2.25. The van der Waals surface area contributed by atoms with Crippen LogP contribution in [-0.4, -0.2) is 45.1 Å². The van der Waals surface area contributed by atoms with Gasteiger partial charge in [0.25, 0.3) is 0 Å². The summed E-state index contributed by atoms with van der Waals surface area (Å²) in [7, 11) is 3.69. The summed E-state index contributed by atoms with van der Waals surface area (Å²) < 4.78 is 5.02. The predicted octanol–water partition coefficient (Wildman–Crippen LogP) is 2.28. The summed E-state index contributed by atoms with van der Waals surface area (Å²) in [6, 6.07) is 5.93. The minimum atomic E-state index is -0.303. The Balaban J connectivity index is 2.71. The second kappa shape index (κ2) is 9.19. The highest BCUT2D eigenvalue weighted by molar-refractivity contribution is 6.33. The van der Waals surface area contributed by atoms with Crippen molar-refractivity contribution in [3.05, 3.63) is 28.8 Å². The molecule has 0 heterocycles. The first-order valence-corrected chi connectivity index (χ1v) is 7.30. The number of ether oxygens (including phenoxy) is 1. The monoisotopic (exact) mass is 300 g/mol. The van der Waals surface area contributed by atoms with Gasteiger partial charge in [-0.3, -0.25) is 0 Å². The predicted molar refractivity (Wildman–Crippen MR) is 84.6 cm³/mol. The molecule has 0 aliphatic rings. The molecule has 0 radical (unpaired) electrons. The second-order valence-corrected chi connectivity index (χ2v) is 5.38. The molecule has 1 aromatic rings. The van der Waals surface area contributed by atoms with E-state index < -0.39 is 0 Å². The lowest BCUT2D eigenvalue weighted by atomic mass is 10.1. The molecule has 0 amide bonds. The third-order valence-corrected chi connectivity index (χ3v) is 3.44. The number of hydrogen-bond donors (Lipinski definition) is 2. The van der Waals surface area contributed by atoms with Crippen molar-refractivity contribution in [3.8, 4) is 0 Å². The molecular formula is C15H25ClN2O2. The Bertz CT molecular complexity index is 399. The van der Waals surface area contributed by atoms with Crippen LogP contribution in [-0.2, 0) is 11.3 Å². The number of methoxy groups -OCH3 is 1. The molecule has 0 spiro atoms. The van der Waals surface area contributed by atoms with Crippen LogP contribution in [0.4, 0.5) is 5.69 Å². The van der Waals surface area contributed by atoms with Crippen molar-refractivity contribution in [1.29, 1.82) is 0 Å². The fourth-order valence-electron chi connectivity index (χ4n) is 2.02. The molecule has 0 fully saturated rings. The second-order valence-electron chi connectivity index (χ2n) is 4.98. The Labute approximate surface area is 126 Å². The van der Waals surface area contributed by atoms with Crippen LogP contribution in [0.25, 0.3) is 0 Å². The number of para-hydroxylation sites is 1. The number of hydrogen-bond acceptors (Lipinski definition) is 4. The van der Waals surface area contributed by atoms with Crippen molar-refractivity contribution in [3.63, 3.8) is 0 Å². The molecule has 1 aromatic carbocycles. The number of rotatable bonds is 9. The van der Waals surface area contributed by atoms with Crippen LogP contribution in [0.15, 0.2) is 18.2 Å². The van der Waals surface area contributed by atoms with Gasteiger partial charge in [0.15, 0.2) is 0 Å². The Hall–Kier alpha value is -0.810. The molecule has 1 atom stereocenters. The minimum Gasteiger partial charge on any atom is -0.393 e. The fraction of sp³-hybridized carbons (Fsp3) is 0.600. The zero-order chi connectivity index (χ0) is 15.0. The maximum Gasteiger partial charge on any atom is 0.0642 e. The Kier molecular flexibility index (Phi) is 7.92. The SMILES string of the molecule is COCCNCc1cccc(Cl)c1N(C)CCC(C)O. The Morgan fingerprint density at radius 1 is 1.45 bits per heavy atom. The number of aliphatic hydroxyl groups is 1. The average molecular weight is 301 g/mol. The Morgan fingerprint density at radius 2 is 2.20 bits per heavy atom. The van der Waals surface area contributed by atoms with Crippen molar-refractivity contribution in [2.45, 2.75) is 26.0 Å². The van der Waals surface area contributed by atoms with E-state index >= 15 is 0 Å². The van der Waals surface area contributed by atoms with E-state index in [9.17, 15) is 5.11 Å². The van der Waals surface area contributed by atoms with Crippen LogP contribution >= 0.6 is 11.6 Å². The van der Waals surface area contributed by atoms with Crippen LogP contribution in [0.2, 0.25) is 5.02 Å². The molecule has 114 valence electrons. The van der Waals surface area contributed by atoms with E-state index in [1.54, 1.807) is 14.0 Å². The molecule has 0 aromatic heterocycles. The highest BCUT2D eigenvalue weighted by atomic mass is 35.5. The molecule has 2 N–H and O–H groups in total. The first-order chi connectivity index (χ1) is 9.56. The number of anilines is 1. The summed E-state index contributed by atoms with van der Waals surface area (Å²) in [5, 5.41) is 13.5. The van der Waals surface area contributed by atoms with Gasteiger partial charge in [-0.15, -0.1) is 0 Å². The van der Waals surface area contributed by atoms with E-state index in [1.165, 1.54) is 0 Å². The molecule has 5 heteroatoms. The maximum atomic E-state index is 9.40. The smallest absolute Gasteiger partial charge is 0.0642 e. The molecule has 0 aliphatic heterocycles. The number of nitrogens with zero attached hydrogens (tertiary/aromatic N) is 1. The van der Waals surface area contributed by atoms with Crippen LogP contribution in [0.3, 0.4) is 0 Å². The topological polar surface area (TPSA) is 44.7 Å². The summed E-state index contributed by atoms with van der Waals surface area (Å²) in [5.74, 6) is 0. The van der Waals surface area contributed by atoms with E-state index in [2.05, 4.69) is 16.3 Å². The van der Waals surface area contributed by atoms with E-state index in [0.717, 1.165) is 42.3 Å². The number of nitrogens with one attached hydrogen (secondary N) is 1. The number of aliphatic hydroxyl groups excluding tert-OH is 1. The van der Waals surface area contributed by atoms with Gasteiger partial charge in [0.05, 0.1) is 23.4 Å². The lowest BCUT2D eigenvalue weighted by molar-refractivity contribution is 0.187. The van der Waals surface area contributed by atoms with Crippen molar-refractivity contribution in [2.24, 2.45) is 0 Å². The van der Waals surface area contributed by atoms with Crippen LogP contribution in [0, 0.1) is 0 Å². The van der Waals surface area contributed by atoms with E-state index in [-0.39, 0.29) is 6.10 Å². The van der Waals surface area contributed by atoms with Crippen molar-refractivity contribution < 1.29 is 9.84 Å². The van der Waals surface area contributed by atoms with Gasteiger partial charge in [-0.2, -0.15) is 0 Å². The van der Waals surface area contributed by atoms with Crippen LogP contribution < -0.4 is 10.2 Å². The first-order valence-electron chi connectivity index (χ1n) is 6.92. The van der Waals surface area contributed by atoms with Gasteiger partial charge in [-0.25, -0.2) is 0 Å². The number of benzene rings is 1. The molecule has 20 heavy (non-hydrogen) atoms. The third kappa shape index (κ3) is 5.67. The van der Waals surface area contributed by atoms with Crippen LogP contribution in [0.1, 0.15) is 18.9 Å². The zero-order valence-electron chi connectivity index (χ0n) is 12.5. The zero-order valence-corrected chi connectivity index (χ0v) is 13.3. The normalized spacial score (nSPS) is 12.4. The lowest BCUT2D eigenvalue weighted by Gasteiger charge is -2.24. The summed E-state index contributed by atoms with van der Waals surface area (Å²) in [6.45, 7) is 4.81. The van der Waals surface area contributed by atoms with E-state index in [1.807, 2.05) is 19.2 Å². The van der Waals surface area contributed by atoms with Gasteiger partial charge in [0.2, 0.25) is 0 Å². The van der Waals surface area contributed by atoms with Gasteiger partial charge in [0, 0.05) is 33.8 Å². The van der Waals surface area contributed by atoms with Gasteiger partial charge >= 0.3 is 0 Å². The summed E-state index contributed by atoms with van der Waals surface area (Å²) in [5.41, 5.74) is 2.18. The quantitative estimate of drug-likeness (QED) is 0.687. The first kappa shape index (κ1) is 17.2. The van der Waals surface area contributed by atoms with Crippen molar-refractivity contribution in [1.82, 2.24) is 5.32 Å². The molecule has 0 saturated heterocycles. The highest BCUT2D eigenvalue weighted by Gasteiger charge is 2.12. The third-order valence-electron chi connectivity index (χ3n) is 3.13. The molecule has 4 nitrogen and oxygen atoms in total. The molecule has 0 saturated carbocycles. The molecular weight excluding hydrogens is 276 g/mol. The summed E-state index contributed by atoms with van der Waals surface area (Å²) in [6.07, 6.45) is 0.418. The van der Waals surface area contributed by atoms with Crippen molar-refractivity contribution >= 4 is 17.3 Å². The molecule has 0 bridgehead atoms. The molecule has 1 unspecified atom stereocenters. The number of halogens is 1. The molecule has 0 aliphatic carbocycles. The molecule has 1 rings (SSSR count). The largest absolute Gasteiger partial charge is 0.393 e. The fourth-order valence-corrected chi connectivity index (χ4v) is 2.36.